The van der Waals surface area contributed by atoms with Crippen LogP contribution in [0.4, 0.5) is 5.95 Å². The van der Waals surface area contributed by atoms with Gasteiger partial charge in [0.15, 0.2) is 0 Å². The number of halogens is 1. The lowest BCUT2D eigenvalue weighted by Crippen LogP contribution is -2.11. The summed E-state index contributed by atoms with van der Waals surface area (Å²) in [4.78, 5) is 4.44. The van der Waals surface area contributed by atoms with Gasteiger partial charge >= 0.3 is 0 Å². The molecule has 0 atom stereocenters. The lowest BCUT2D eigenvalue weighted by atomic mass is 10.3. The molecule has 0 saturated carbocycles. The monoisotopic (exact) mass is 265 g/mol. The Morgan fingerprint density at radius 3 is 2.89 bits per heavy atom. The first kappa shape index (κ1) is 12.9. The molecule has 0 fully saturated rings. The molecule has 0 aliphatic rings. The zero-order valence-electron chi connectivity index (χ0n) is 10.5. The minimum Gasteiger partial charge on any atom is -0.383 e. The number of rotatable bonds is 5. The molecule has 0 aliphatic heterocycles. The molecule has 0 radical (unpaired) electrons. The first-order valence-corrected chi connectivity index (χ1v) is 6.14. The van der Waals surface area contributed by atoms with E-state index in [1.54, 1.807) is 7.11 Å². The summed E-state index contributed by atoms with van der Waals surface area (Å²) in [7, 11) is 1.67. The third-order valence-corrected chi connectivity index (χ3v) is 2.85. The molecule has 2 aromatic rings. The predicted octanol–water partition coefficient (Wildman–Crippen LogP) is 2.89. The van der Waals surface area contributed by atoms with Gasteiger partial charge < -0.3 is 10.1 Å². The zero-order chi connectivity index (χ0) is 13.0. The highest BCUT2D eigenvalue weighted by atomic mass is 35.5. The van der Waals surface area contributed by atoms with E-state index in [1.807, 2.05) is 42.0 Å². The summed E-state index contributed by atoms with van der Waals surface area (Å²) in [6.07, 6.45) is 1.95. The molecule has 96 valence electrons. The Labute approximate surface area is 112 Å². The van der Waals surface area contributed by atoms with Crippen molar-refractivity contribution in [2.24, 2.45) is 0 Å². The number of imidazole rings is 1. The number of aryl methyl sites for hydroxylation is 1. The van der Waals surface area contributed by atoms with Crippen LogP contribution in [-0.4, -0.2) is 29.8 Å². The van der Waals surface area contributed by atoms with Crippen LogP contribution >= 0.6 is 11.6 Å². The van der Waals surface area contributed by atoms with Crippen molar-refractivity contribution in [1.82, 2.24) is 9.55 Å². The van der Waals surface area contributed by atoms with E-state index < -0.39 is 0 Å². The number of para-hydroxylation sites is 1. The van der Waals surface area contributed by atoms with Gasteiger partial charge in [0.2, 0.25) is 5.95 Å². The maximum atomic E-state index is 6.20. The van der Waals surface area contributed by atoms with E-state index in [1.165, 1.54) is 0 Å². The summed E-state index contributed by atoms with van der Waals surface area (Å²) in [6, 6.07) is 7.69. The Morgan fingerprint density at radius 1 is 1.39 bits per heavy atom. The number of nitrogens with zero attached hydrogens (tertiary/aromatic N) is 2. The number of hydrogen-bond donors (Lipinski definition) is 1. The summed E-state index contributed by atoms with van der Waals surface area (Å²) < 4.78 is 6.97. The SMILES string of the molecule is COCCNc1nc(C)cn1-c1ccccc1Cl. The summed E-state index contributed by atoms with van der Waals surface area (Å²) in [5.74, 6) is 0.776. The third-order valence-electron chi connectivity index (χ3n) is 2.53. The largest absolute Gasteiger partial charge is 0.383 e. The molecule has 0 spiro atoms. The fourth-order valence-electron chi connectivity index (χ4n) is 1.72. The molecule has 18 heavy (non-hydrogen) atoms. The third kappa shape index (κ3) is 2.83. The van der Waals surface area contributed by atoms with Crippen LogP contribution in [0.15, 0.2) is 30.5 Å². The van der Waals surface area contributed by atoms with Gasteiger partial charge in [-0.3, -0.25) is 4.57 Å². The number of nitrogens with one attached hydrogen (secondary N) is 1. The van der Waals surface area contributed by atoms with E-state index in [2.05, 4.69) is 10.3 Å². The first-order chi connectivity index (χ1) is 8.72. The van der Waals surface area contributed by atoms with Crippen LogP contribution in [0.2, 0.25) is 5.02 Å². The van der Waals surface area contributed by atoms with Crippen molar-refractivity contribution in [2.75, 3.05) is 25.6 Å². The van der Waals surface area contributed by atoms with Gasteiger partial charge in [0.05, 0.1) is 23.0 Å². The predicted molar refractivity (Wildman–Crippen MR) is 73.7 cm³/mol. The second-order valence-electron chi connectivity index (χ2n) is 3.95. The smallest absolute Gasteiger partial charge is 0.207 e. The molecule has 1 N–H and O–H groups in total. The van der Waals surface area contributed by atoms with Crippen LogP contribution in [-0.2, 0) is 4.74 Å². The van der Waals surface area contributed by atoms with Gasteiger partial charge in [-0.1, -0.05) is 23.7 Å². The number of benzene rings is 1. The highest BCUT2D eigenvalue weighted by Crippen LogP contribution is 2.23. The first-order valence-electron chi connectivity index (χ1n) is 5.76. The quantitative estimate of drug-likeness (QED) is 0.845. The minimum atomic E-state index is 0.633. The normalized spacial score (nSPS) is 10.6. The Morgan fingerprint density at radius 2 is 2.17 bits per heavy atom. The Hall–Kier alpha value is -1.52. The van der Waals surface area contributed by atoms with E-state index in [9.17, 15) is 0 Å². The van der Waals surface area contributed by atoms with Crippen LogP contribution in [0.1, 0.15) is 5.69 Å². The number of ether oxygens (including phenoxy) is 1. The molecular formula is C13H16ClN3O. The van der Waals surface area contributed by atoms with Crippen molar-refractivity contribution in [2.45, 2.75) is 6.92 Å². The van der Waals surface area contributed by atoms with Gasteiger partial charge in [0.1, 0.15) is 0 Å². The summed E-state index contributed by atoms with van der Waals surface area (Å²) in [5.41, 5.74) is 1.86. The molecule has 5 heteroatoms. The molecule has 0 saturated heterocycles. The van der Waals surface area contributed by atoms with Gasteiger partial charge in [0, 0.05) is 19.9 Å². The van der Waals surface area contributed by atoms with Crippen molar-refractivity contribution >= 4 is 17.5 Å². The number of hydrogen-bond acceptors (Lipinski definition) is 3. The molecule has 0 bridgehead atoms. The molecular weight excluding hydrogens is 250 g/mol. The van der Waals surface area contributed by atoms with Crippen molar-refractivity contribution < 1.29 is 4.74 Å². The van der Waals surface area contributed by atoms with E-state index in [0.717, 1.165) is 17.3 Å². The molecule has 1 heterocycles. The second kappa shape index (κ2) is 5.89. The zero-order valence-corrected chi connectivity index (χ0v) is 11.2. The minimum absolute atomic E-state index is 0.633. The molecule has 1 aromatic carbocycles. The Kier molecular flexibility index (Phi) is 4.23. The van der Waals surface area contributed by atoms with Gasteiger partial charge in [-0.2, -0.15) is 0 Å². The average Bonchev–Trinajstić information content (AvgIpc) is 2.71. The summed E-state index contributed by atoms with van der Waals surface area (Å²) >= 11 is 6.20. The van der Waals surface area contributed by atoms with Crippen LogP contribution in [0.3, 0.4) is 0 Å². The fraction of sp³-hybridized carbons (Fsp3) is 0.308. The van der Waals surface area contributed by atoms with E-state index in [-0.39, 0.29) is 0 Å². The average molecular weight is 266 g/mol. The highest BCUT2D eigenvalue weighted by molar-refractivity contribution is 6.32. The molecule has 1 aromatic heterocycles. The molecule has 4 nitrogen and oxygen atoms in total. The van der Waals surface area contributed by atoms with Crippen LogP contribution in [0, 0.1) is 6.92 Å². The summed E-state index contributed by atoms with van der Waals surface area (Å²) in [5, 5.41) is 3.93. The number of anilines is 1. The van der Waals surface area contributed by atoms with Crippen molar-refractivity contribution in [3.63, 3.8) is 0 Å². The van der Waals surface area contributed by atoms with E-state index >= 15 is 0 Å². The number of aromatic nitrogens is 2. The standard InChI is InChI=1S/C13H16ClN3O/c1-10-9-17(12-6-4-3-5-11(12)14)13(16-10)15-7-8-18-2/h3-6,9H,7-8H2,1-2H3,(H,15,16). The van der Waals surface area contributed by atoms with Crippen molar-refractivity contribution in [1.29, 1.82) is 0 Å². The molecule has 2 rings (SSSR count). The molecule has 0 aliphatic carbocycles. The molecule has 0 unspecified atom stereocenters. The topological polar surface area (TPSA) is 39.1 Å². The maximum absolute atomic E-state index is 6.20. The number of methoxy groups -OCH3 is 1. The Balaban J connectivity index is 2.30. The van der Waals surface area contributed by atoms with Crippen LogP contribution in [0.5, 0.6) is 0 Å². The maximum Gasteiger partial charge on any atom is 0.207 e. The lowest BCUT2D eigenvalue weighted by Gasteiger charge is -2.10. The summed E-state index contributed by atoms with van der Waals surface area (Å²) in [6.45, 7) is 3.29. The van der Waals surface area contributed by atoms with E-state index in [0.29, 0.717) is 18.2 Å². The van der Waals surface area contributed by atoms with Crippen molar-refractivity contribution in [3.05, 3.63) is 41.2 Å². The van der Waals surface area contributed by atoms with Gasteiger partial charge in [-0.05, 0) is 19.1 Å². The van der Waals surface area contributed by atoms with Gasteiger partial charge in [-0.15, -0.1) is 0 Å². The van der Waals surface area contributed by atoms with Gasteiger partial charge in [-0.25, -0.2) is 4.98 Å². The van der Waals surface area contributed by atoms with Crippen LogP contribution in [0.25, 0.3) is 5.69 Å². The highest BCUT2D eigenvalue weighted by Gasteiger charge is 2.09. The van der Waals surface area contributed by atoms with Crippen molar-refractivity contribution in [3.8, 4) is 5.69 Å². The fourth-order valence-corrected chi connectivity index (χ4v) is 1.94. The second-order valence-corrected chi connectivity index (χ2v) is 4.35. The van der Waals surface area contributed by atoms with Gasteiger partial charge in [0.25, 0.3) is 0 Å². The molecule has 0 amide bonds. The van der Waals surface area contributed by atoms with Crippen LogP contribution < -0.4 is 5.32 Å². The van der Waals surface area contributed by atoms with E-state index in [4.69, 9.17) is 16.3 Å². The Bertz CT molecular complexity index is 525. The lowest BCUT2D eigenvalue weighted by molar-refractivity contribution is 0.210.